The quantitative estimate of drug-likeness (QED) is 0.499. The van der Waals surface area contributed by atoms with Crippen LogP contribution < -0.4 is 18.9 Å². The third-order valence-corrected chi connectivity index (χ3v) is 5.74. The minimum Gasteiger partial charge on any atom is -0.743 e. The van der Waals surface area contributed by atoms with E-state index in [1.165, 1.54) is 0 Å². The van der Waals surface area contributed by atoms with Crippen molar-refractivity contribution < 1.29 is 45.3 Å². The maximum absolute atomic E-state index is 13.2. The molecule has 0 aromatic carbocycles. The van der Waals surface area contributed by atoms with Gasteiger partial charge in [-0.2, -0.15) is 8.78 Å². The molecule has 4 fully saturated rings. The van der Waals surface area contributed by atoms with E-state index >= 15 is 0 Å². The third-order valence-electron chi connectivity index (χ3n) is 4.89. The Bertz CT molecular complexity index is 445. The molecule has 0 amide bonds. The molecular formula is C12H17F2LiO4S. The van der Waals surface area contributed by atoms with Gasteiger partial charge in [0.15, 0.2) is 10.1 Å². The summed E-state index contributed by atoms with van der Waals surface area (Å²) in [5, 5.41) is -4.32. The summed E-state index contributed by atoms with van der Waals surface area (Å²) in [6, 6.07) is 0. The number of ether oxygens (including phenoxy) is 1. The fraction of sp³-hybridized carbons (Fsp3) is 1.00. The zero-order chi connectivity index (χ0) is 13.9. The van der Waals surface area contributed by atoms with Gasteiger partial charge in [0.25, 0.3) is 0 Å². The van der Waals surface area contributed by atoms with Gasteiger partial charge in [-0.25, -0.2) is 8.42 Å². The Morgan fingerprint density at radius 1 is 1.10 bits per heavy atom. The van der Waals surface area contributed by atoms with E-state index in [2.05, 4.69) is 0 Å². The van der Waals surface area contributed by atoms with E-state index in [1.807, 2.05) is 0 Å². The Kier molecular flexibility index (Phi) is 4.34. The average molecular weight is 302 g/mol. The monoisotopic (exact) mass is 302 g/mol. The van der Waals surface area contributed by atoms with Crippen LogP contribution in [0.1, 0.15) is 38.5 Å². The standard InChI is InChI=1S/C12H18F2O4S.Li/c13-12(14,19(15,16)17)7-18-11-4-8-1-9(5-11)3-10(2-8)6-11;/h8-10H,1-7H2,(H,15,16,17);/q;+1/p-1. The molecule has 0 N–H and O–H groups in total. The normalized spacial score (nSPS) is 39.6. The summed E-state index contributed by atoms with van der Waals surface area (Å²) in [6.45, 7) is -1.30. The molecule has 0 aromatic rings. The van der Waals surface area contributed by atoms with Crippen LogP contribution in [-0.2, 0) is 14.9 Å². The molecule has 4 bridgehead atoms. The van der Waals surface area contributed by atoms with Gasteiger partial charge in [0.1, 0.15) is 6.61 Å². The summed E-state index contributed by atoms with van der Waals surface area (Å²) in [5.74, 6) is 1.55. The number of halogens is 2. The first-order valence-corrected chi connectivity index (χ1v) is 8.07. The van der Waals surface area contributed by atoms with Gasteiger partial charge in [0.2, 0.25) is 0 Å². The van der Waals surface area contributed by atoms with Crippen LogP contribution in [0.25, 0.3) is 0 Å². The molecule has 4 aliphatic rings. The van der Waals surface area contributed by atoms with E-state index in [9.17, 15) is 21.8 Å². The summed E-state index contributed by atoms with van der Waals surface area (Å²) in [6.07, 6.45) is 5.60. The first-order valence-electron chi connectivity index (χ1n) is 6.66. The molecule has 8 heteroatoms. The second-order valence-corrected chi connectivity index (χ2v) is 7.99. The van der Waals surface area contributed by atoms with Gasteiger partial charge in [0.05, 0.1) is 5.60 Å². The molecule has 0 atom stereocenters. The Morgan fingerprint density at radius 3 is 1.85 bits per heavy atom. The average Bonchev–Trinajstić information content (AvgIpc) is 2.23. The van der Waals surface area contributed by atoms with Gasteiger partial charge in [-0.3, -0.25) is 0 Å². The predicted octanol–water partition coefficient (Wildman–Crippen LogP) is -0.886. The molecule has 4 saturated carbocycles. The smallest absolute Gasteiger partial charge is 0.743 e. The molecule has 4 aliphatic carbocycles. The molecule has 0 spiro atoms. The minimum atomic E-state index is -5.64. The van der Waals surface area contributed by atoms with Crippen molar-refractivity contribution in [1.82, 2.24) is 0 Å². The number of alkyl halides is 2. The largest absolute Gasteiger partial charge is 1.00 e. The Morgan fingerprint density at radius 2 is 1.50 bits per heavy atom. The molecule has 0 unspecified atom stereocenters. The van der Waals surface area contributed by atoms with E-state index in [0.717, 1.165) is 38.5 Å². The van der Waals surface area contributed by atoms with Crippen LogP contribution in [0.2, 0.25) is 0 Å². The van der Waals surface area contributed by atoms with Gasteiger partial charge in [-0.1, -0.05) is 0 Å². The molecule has 4 nitrogen and oxygen atoms in total. The first kappa shape index (κ1) is 16.7. The van der Waals surface area contributed by atoms with Gasteiger partial charge in [-0.05, 0) is 56.3 Å². The molecule has 110 valence electrons. The summed E-state index contributed by atoms with van der Waals surface area (Å²) >= 11 is 0. The topological polar surface area (TPSA) is 66.4 Å². The Hall–Kier alpha value is 0.327. The van der Waals surface area contributed by atoms with Gasteiger partial charge in [-0.15, -0.1) is 0 Å². The minimum absolute atomic E-state index is 0. The zero-order valence-corrected chi connectivity index (χ0v) is 12.3. The van der Waals surface area contributed by atoms with E-state index in [4.69, 9.17) is 4.74 Å². The maximum Gasteiger partial charge on any atom is 1.00 e. The number of hydrogen-bond acceptors (Lipinski definition) is 4. The molecule has 20 heavy (non-hydrogen) atoms. The van der Waals surface area contributed by atoms with Crippen molar-refractivity contribution in [3.63, 3.8) is 0 Å². The second kappa shape index (κ2) is 5.20. The zero-order valence-electron chi connectivity index (χ0n) is 11.5. The van der Waals surface area contributed by atoms with Gasteiger partial charge < -0.3 is 9.29 Å². The Balaban J connectivity index is 0.00000147. The molecule has 4 rings (SSSR count). The SMILES string of the molecule is O=S(=O)([O-])C(F)(F)COC12CC3CC(CC(C3)C1)C2.[Li+]. The van der Waals surface area contributed by atoms with E-state index < -0.39 is 27.6 Å². The molecule has 0 aromatic heterocycles. The van der Waals surface area contributed by atoms with E-state index in [1.54, 1.807) is 0 Å². The summed E-state index contributed by atoms with van der Waals surface area (Å²) < 4.78 is 63.1. The third kappa shape index (κ3) is 2.93. The van der Waals surface area contributed by atoms with Crippen molar-refractivity contribution in [3.05, 3.63) is 0 Å². The van der Waals surface area contributed by atoms with Crippen LogP contribution in [0.5, 0.6) is 0 Å². The van der Waals surface area contributed by atoms with Crippen LogP contribution in [0.15, 0.2) is 0 Å². The maximum atomic E-state index is 13.2. The van der Waals surface area contributed by atoms with Crippen molar-refractivity contribution in [2.45, 2.75) is 49.4 Å². The van der Waals surface area contributed by atoms with Crippen molar-refractivity contribution in [2.24, 2.45) is 17.8 Å². The van der Waals surface area contributed by atoms with E-state index in [0.29, 0.717) is 17.8 Å². The van der Waals surface area contributed by atoms with Crippen molar-refractivity contribution >= 4 is 10.1 Å². The van der Waals surface area contributed by atoms with Crippen LogP contribution >= 0.6 is 0 Å². The fourth-order valence-electron chi connectivity index (χ4n) is 4.52. The summed E-state index contributed by atoms with van der Waals surface area (Å²) in [4.78, 5) is 0. The molecular weight excluding hydrogens is 285 g/mol. The van der Waals surface area contributed by atoms with Crippen LogP contribution in [0.4, 0.5) is 8.78 Å². The fourth-order valence-corrected chi connectivity index (χ4v) is 4.72. The van der Waals surface area contributed by atoms with Crippen molar-refractivity contribution in [1.29, 1.82) is 0 Å². The van der Waals surface area contributed by atoms with Gasteiger partial charge in [0, 0.05) is 0 Å². The summed E-state index contributed by atoms with van der Waals surface area (Å²) in [5.41, 5.74) is -0.608. The van der Waals surface area contributed by atoms with Gasteiger partial charge >= 0.3 is 24.1 Å². The van der Waals surface area contributed by atoms with Crippen molar-refractivity contribution in [2.75, 3.05) is 6.61 Å². The van der Waals surface area contributed by atoms with E-state index in [-0.39, 0.29) is 18.9 Å². The van der Waals surface area contributed by atoms with Crippen LogP contribution in [0.3, 0.4) is 0 Å². The predicted molar refractivity (Wildman–Crippen MR) is 61.5 cm³/mol. The van der Waals surface area contributed by atoms with Crippen LogP contribution in [0, 0.1) is 17.8 Å². The second-order valence-electron chi connectivity index (χ2n) is 6.48. The molecule has 0 saturated heterocycles. The number of hydrogen-bond donors (Lipinski definition) is 0. The number of rotatable bonds is 4. The first-order chi connectivity index (χ1) is 8.69. The summed E-state index contributed by atoms with van der Waals surface area (Å²) in [7, 11) is -5.64. The van der Waals surface area contributed by atoms with Crippen LogP contribution in [-0.4, -0.2) is 30.4 Å². The molecule has 0 heterocycles. The molecule has 0 aliphatic heterocycles. The Labute approximate surface area is 129 Å². The molecule has 0 radical (unpaired) electrons. The van der Waals surface area contributed by atoms with Crippen molar-refractivity contribution in [3.8, 4) is 0 Å².